The molecule has 0 saturated carbocycles. The van der Waals surface area contributed by atoms with E-state index in [2.05, 4.69) is 34.7 Å². The van der Waals surface area contributed by atoms with E-state index in [1.165, 1.54) is 6.42 Å². The molecular formula is C12H22BrNO. The Morgan fingerprint density at radius 1 is 1.53 bits per heavy atom. The predicted molar refractivity (Wildman–Crippen MR) is 67.2 cm³/mol. The van der Waals surface area contributed by atoms with Crippen LogP contribution >= 0.6 is 15.9 Å². The molecular weight excluding hydrogens is 254 g/mol. The van der Waals surface area contributed by atoms with Gasteiger partial charge in [-0.15, -0.1) is 0 Å². The van der Waals surface area contributed by atoms with Gasteiger partial charge in [0.25, 0.3) is 0 Å². The van der Waals surface area contributed by atoms with Crippen LogP contribution in [0.4, 0.5) is 0 Å². The van der Waals surface area contributed by atoms with Gasteiger partial charge in [-0.1, -0.05) is 36.2 Å². The fraction of sp³-hybridized carbons (Fsp3) is 0.917. The van der Waals surface area contributed by atoms with Crippen molar-refractivity contribution >= 4 is 21.8 Å². The molecule has 1 heterocycles. The monoisotopic (exact) mass is 275 g/mol. The van der Waals surface area contributed by atoms with Gasteiger partial charge in [0.2, 0.25) is 5.91 Å². The molecule has 1 fully saturated rings. The van der Waals surface area contributed by atoms with E-state index in [4.69, 9.17) is 0 Å². The number of amides is 1. The van der Waals surface area contributed by atoms with Crippen LogP contribution in [-0.4, -0.2) is 29.2 Å². The van der Waals surface area contributed by atoms with Crippen LogP contribution < -0.4 is 0 Å². The molecule has 0 aromatic rings. The van der Waals surface area contributed by atoms with Crippen molar-refractivity contribution in [2.75, 3.05) is 18.4 Å². The van der Waals surface area contributed by atoms with Crippen molar-refractivity contribution in [3.8, 4) is 0 Å². The van der Waals surface area contributed by atoms with E-state index in [-0.39, 0.29) is 0 Å². The first-order chi connectivity index (χ1) is 7.17. The molecule has 1 saturated heterocycles. The lowest BCUT2D eigenvalue weighted by Crippen LogP contribution is -2.27. The van der Waals surface area contributed by atoms with Crippen LogP contribution in [0.25, 0.3) is 0 Å². The van der Waals surface area contributed by atoms with E-state index in [1.807, 2.05) is 0 Å². The van der Waals surface area contributed by atoms with Crippen LogP contribution in [0.5, 0.6) is 0 Å². The van der Waals surface area contributed by atoms with E-state index in [9.17, 15) is 4.79 Å². The summed E-state index contributed by atoms with van der Waals surface area (Å²) in [5.74, 6) is 1.70. The lowest BCUT2D eigenvalue weighted by Gasteiger charge is -2.18. The molecule has 15 heavy (non-hydrogen) atoms. The van der Waals surface area contributed by atoms with E-state index in [0.29, 0.717) is 11.8 Å². The predicted octanol–water partition coefficient (Wildman–Crippen LogP) is 3.06. The lowest BCUT2D eigenvalue weighted by molar-refractivity contribution is -0.127. The average Bonchev–Trinajstić information content (AvgIpc) is 2.57. The van der Waals surface area contributed by atoms with Gasteiger partial charge in [-0.05, 0) is 24.7 Å². The van der Waals surface area contributed by atoms with Gasteiger partial charge in [-0.25, -0.2) is 0 Å². The highest BCUT2D eigenvalue weighted by molar-refractivity contribution is 9.09. The molecule has 1 rings (SSSR count). The van der Waals surface area contributed by atoms with Gasteiger partial charge in [-0.2, -0.15) is 0 Å². The van der Waals surface area contributed by atoms with Crippen molar-refractivity contribution in [1.82, 2.24) is 4.90 Å². The summed E-state index contributed by atoms with van der Waals surface area (Å²) in [5, 5.41) is 1.07. The second kappa shape index (κ2) is 6.51. The van der Waals surface area contributed by atoms with Gasteiger partial charge >= 0.3 is 0 Å². The summed E-state index contributed by atoms with van der Waals surface area (Å²) in [6.07, 6.45) is 4.27. The second-order valence-corrected chi connectivity index (χ2v) is 5.48. The van der Waals surface area contributed by atoms with Crippen LogP contribution in [0.1, 0.15) is 39.5 Å². The van der Waals surface area contributed by atoms with Gasteiger partial charge in [0.15, 0.2) is 0 Å². The number of alkyl halides is 1. The minimum Gasteiger partial charge on any atom is -0.342 e. The normalized spacial score (nSPS) is 23.5. The van der Waals surface area contributed by atoms with Gasteiger partial charge in [0.05, 0.1) is 0 Å². The highest BCUT2D eigenvalue weighted by atomic mass is 79.9. The van der Waals surface area contributed by atoms with Crippen molar-refractivity contribution in [2.45, 2.75) is 39.5 Å². The molecule has 1 aliphatic rings. The molecule has 0 radical (unpaired) electrons. The Morgan fingerprint density at radius 2 is 2.27 bits per heavy atom. The Labute approximate surface area is 102 Å². The quantitative estimate of drug-likeness (QED) is 0.683. The minimum atomic E-state index is 0.368. The standard InChI is InChI=1S/C12H22BrNO/c1-3-11-8-12(15)14(9-11)7-5-10(2)4-6-13/h10-11H,3-9H2,1-2H3. The maximum Gasteiger partial charge on any atom is 0.222 e. The SMILES string of the molecule is CCC1CC(=O)N(CCC(C)CCBr)C1. The Morgan fingerprint density at radius 3 is 2.80 bits per heavy atom. The number of hydrogen-bond acceptors (Lipinski definition) is 1. The van der Waals surface area contributed by atoms with Crippen molar-refractivity contribution in [2.24, 2.45) is 11.8 Å². The highest BCUT2D eigenvalue weighted by Gasteiger charge is 2.27. The third-order valence-corrected chi connectivity index (χ3v) is 3.82. The fourth-order valence-corrected chi connectivity index (χ4v) is 2.83. The molecule has 0 spiro atoms. The zero-order chi connectivity index (χ0) is 11.3. The summed E-state index contributed by atoms with van der Waals surface area (Å²) in [7, 11) is 0. The zero-order valence-electron chi connectivity index (χ0n) is 9.84. The molecule has 0 N–H and O–H groups in total. The number of carbonyl (C=O) groups excluding carboxylic acids is 1. The Kier molecular flexibility index (Phi) is 5.65. The van der Waals surface area contributed by atoms with Crippen LogP contribution in [0.3, 0.4) is 0 Å². The fourth-order valence-electron chi connectivity index (χ4n) is 2.05. The van der Waals surface area contributed by atoms with Crippen LogP contribution in [0.15, 0.2) is 0 Å². The first-order valence-corrected chi connectivity index (χ1v) is 7.13. The number of carbonyl (C=O) groups is 1. The minimum absolute atomic E-state index is 0.368. The Balaban J connectivity index is 2.24. The molecule has 2 atom stereocenters. The van der Waals surface area contributed by atoms with Crippen LogP contribution in [0.2, 0.25) is 0 Å². The van der Waals surface area contributed by atoms with Gasteiger partial charge in [0, 0.05) is 24.8 Å². The molecule has 0 bridgehead atoms. The van der Waals surface area contributed by atoms with Crippen molar-refractivity contribution in [1.29, 1.82) is 0 Å². The molecule has 1 aliphatic heterocycles. The second-order valence-electron chi connectivity index (χ2n) is 4.69. The van der Waals surface area contributed by atoms with Crippen molar-refractivity contribution in [3.05, 3.63) is 0 Å². The van der Waals surface area contributed by atoms with Crippen LogP contribution in [0, 0.1) is 11.8 Å². The number of hydrogen-bond donors (Lipinski definition) is 0. The van der Waals surface area contributed by atoms with Crippen molar-refractivity contribution in [3.63, 3.8) is 0 Å². The average molecular weight is 276 g/mol. The first kappa shape index (κ1) is 13.0. The summed E-state index contributed by atoms with van der Waals surface area (Å²) in [6.45, 7) is 6.40. The molecule has 1 amide bonds. The smallest absolute Gasteiger partial charge is 0.222 e. The zero-order valence-corrected chi connectivity index (χ0v) is 11.4. The van der Waals surface area contributed by atoms with Crippen molar-refractivity contribution < 1.29 is 4.79 Å². The number of likely N-dealkylation sites (tertiary alicyclic amines) is 1. The number of rotatable bonds is 6. The molecule has 0 aromatic heterocycles. The molecule has 2 nitrogen and oxygen atoms in total. The van der Waals surface area contributed by atoms with Crippen LogP contribution in [-0.2, 0) is 4.79 Å². The Hall–Kier alpha value is -0.0500. The summed E-state index contributed by atoms with van der Waals surface area (Å²) >= 11 is 3.46. The van der Waals surface area contributed by atoms with Gasteiger partial charge in [0.1, 0.15) is 0 Å². The molecule has 0 aliphatic carbocycles. The maximum absolute atomic E-state index is 11.6. The van der Waals surface area contributed by atoms with E-state index in [0.717, 1.165) is 43.6 Å². The Bertz CT molecular complexity index is 208. The molecule has 88 valence electrons. The van der Waals surface area contributed by atoms with E-state index < -0.39 is 0 Å². The van der Waals surface area contributed by atoms with E-state index in [1.54, 1.807) is 0 Å². The largest absolute Gasteiger partial charge is 0.342 e. The summed E-state index contributed by atoms with van der Waals surface area (Å²) in [5.41, 5.74) is 0. The lowest BCUT2D eigenvalue weighted by atomic mass is 10.1. The topological polar surface area (TPSA) is 20.3 Å². The first-order valence-electron chi connectivity index (χ1n) is 6.01. The maximum atomic E-state index is 11.6. The molecule has 2 unspecified atom stereocenters. The summed E-state index contributed by atoms with van der Waals surface area (Å²) < 4.78 is 0. The number of halogens is 1. The number of nitrogens with zero attached hydrogens (tertiary/aromatic N) is 1. The summed E-state index contributed by atoms with van der Waals surface area (Å²) in [4.78, 5) is 13.7. The third-order valence-electron chi connectivity index (χ3n) is 3.37. The molecule has 0 aromatic carbocycles. The third kappa shape index (κ3) is 4.13. The van der Waals surface area contributed by atoms with E-state index >= 15 is 0 Å². The highest BCUT2D eigenvalue weighted by Crippen LogP contribution is 2.21. The van der Waals surface area contributed by atoms with Gasteiger partial charge in [-0.3, -0.25) is 4.79 Å². The summed E-state index contributed by atoms with van der Waals surface area (Å²) in [6, 6.07) is 0. The molecule has 3 heteroatoms. The van der Waals surface area contributed by atoms with Gasteiger partial charge < -0.3 is 4.90 Å².